The minimum Gasteiger partial charge on any atom is -0.361 e. The van der Waals surface area contributed by atoms with Gasteiger partial charge in [0.1, 0.15) is 16.3 Å². The van der Waals surface area contributed by atoms with E-state index in [1.165, 1.54) is 12.5 Å². The lowest BCUT2D eigenvalue weighted by Crippen LogP contribution is -2.30. The molecule has 0 saturated carbocycles. The van der Waals surface area contributed by atoms with Gasteiger partial charge in [-0.3, -0.25) is 0 Å². The normalized spacial score (nSPS) is 18.5. The first kappa shape index (κ1) is 16.8. The van der Waals surface area contributed by atoms with Gasteiger partial charge in [0.15, 0.2) is 9.84 Å². The highest BCUT2D eigenvalue weighted by Crippen LogP contribution is 2.27. The highest BCUT2D eigenvalue weighted by molar-refractivity contribution is 7.90. The first-order valence-electron chi connectivity index (χ1n) is 7.87. The fraction of sp³-hybridized carbons (Fsp3) is 0.533. The number of sulfone groups is 1. The molecule has 8 nitrogen and oxygen atoms in total. The summed E-state index contributed by atoms with van der Waals surface area (Å²) in [6, 6.07) is 1.82. The standard InChI is InChI=1S/C15H21N5O3S/c1-10-6-12(20-23-10)8-17-15-18-9-13(24(2,21)22)14(19-15)11-4-3-5-16-7-11/h6,9,11,16H,3-5,7-8H2,1-2H3,(H,17,18,19)/t11-/m0/s1. The number of rotatable bonds is 5. The largest absolute Gasteiger partial charge is 0.361 e. The third-order valence-electron chi connectivity index (χ3n) is 3.97. The zero-order valence-electron chi connectivity index (χ0n) is 13.7. The molecule has 0 unspecified atom stereocenters. The summed E-state index contributed by atoms with van der Waals surface area (Å²) in [5.74, 6) is 1.19. The second-order valence-corrected chi connectivity index (χ2v) is 8.03. The number of nitrogens with one attached hydrogen (secondary N) is 2. The molecule has 24 heavy (non-hydrogen) atoms. The maximum Gasteiger partial charge on any atom is 0.223 e. The Morgan fingerprint density at radius 3 is 2.92 bits per heavy atom. The van der Waals surface area contributed by atoms with Crippen molar-refractivity contribution in [1.82, 2.24) is 20.4 Å². The number of piperidine rings is 1. The third kappa shape index (κ3) is 3.90. The summed E-state index contributed by atoms with van der Waals surface area (Å²) < 4.78 is 29.1. The second-order valence-electron chi connectivity index (χ2n) is 6.04. The molecule has 0 bridgehead atoms. The van der Waals surface area contributed by atoms with E-state index in [9.17, 15) is 8.42 Å². The summed E-state index contributed by atoms with van der Waals surface area (Å²) in [6.45, 7) is 3.91. The molecule has 0 spiro atoms. The molecular weight excluding hydrogens is 330 g/mol. The Balaban J connectivity index is 1.85. The lowest BCUT2D eigenvalue weighted by Gasteiger charge is -2.24. The first-order chi connectivity index (χ1) is 11.4. The van der Waals surface area contributed by atoms with Crippen molar-refractivity contribution in [1.29, 1.82) is 0 Å². The average Bonchev–Trinajstić information content (AvgIpc) is 2.98. The molecule has 1 aliphatic heterocycles. The zero-order valence-corrected chi connectivity index (χ0v) is 14.6. The maximum atomic E-state index is 12.0. The monoisotopic (exact) mass is 351 g/mol. The quantitative estimate of drug-likeness (QED) is 0.828. The van der Waals surface area contributed by atoms with Gasteiger partial charge in [-0.2, -0.15) is 0 Å². The summed E-state index contributed by atoms with van der Waals surface area (Å²) in [4.78, 5) is 8.83. The Morgan fingerprint density at radius 2 is 2.29 bits per heavy atom. The van der Waals surface area contributed by atoms with E-state index in [0.29, 0.717) is 18.2 Å². The van der Waals surface area contributed by atoms with Crippen LogP contribution in [-0.4, -0.2) is 42.9 Å². The zero-order chi connectivity index (χ0) is 17.2. The fourth-order valence-corrected chi connectivity index (χ4v) is 3.64. The minimum atomic E-state index is -3.37. The number of aromatic nitrogens is 3. The molecule has 2 N–H and O–H groups in total. The molecule has 2 aromatic heterocycles. The molecule has 130 valence electrons. The summed E-state index contributed by atoms with van der Waals surface area (Å²) in [5.41, 5.74) is 1.32. The Kier molecular flexibility index (Phi) is 4.81. The van der Waals surface area contributed by atoms with E-state index < -0.39 is 9.84 Å². The van der Waals surface area contributed by atoms with Gasteiger partial charge < -0.3 is 15.2 Å². The molecular formula is C15H21N5O3S. The molecule has 0 aromatic carbocycles. The van der Waals surface area contributed by atoms with Crippen LogP contribution in [0.1, 0.15) is 35.9 Å². The van der Waals surface area contributed by atoms with Crippen molar-refractivity contribution in [3.63, 3.8) is 0 Å². The van der Waals surface area contributed by atoms with Crippen LogP contribution in [0.15, 0.2) is 21.7 Å². The maximum absolute atomic E-state index is 12.0. The molecule has 9 heteroatoms. The van der Waals surface area contributed by atoms with Crippen LogP contribution in [0.3, 0.4) is 0 Å². The van der Waals surface area contributed by atoms with E-state index >= 15 is 0 Å². The molecule has 1 saturated heterocycles. The highest BCUT2D eigenvalue weighted by Gasteiger charge is 2.25. The van der Waals surface area contributed by atoms with Gasteiger partial charge in [0.2, 0.25) is 5.95 Å². The third-order valence-corrected chi connectivity index (χ3v) is 5.08. The first-order valence-corrected chi connectivity index (χ1v) is 9.76. The number of hydrogen-bond acceptors (Lipinski definition) is 8. The van der Waals surface area contributed by atoms with Crippen LogP contribution in [0.4, 0.5) is 5.95 Å². The molecule has 3 heterocycles. The van der Waals surface area contributed by atoms with Gasteiger partial charge in [0.05, 0.1) is 18.4 Å². The van der Waals surface area contributed by atoms with Crippen molar-refractivity contribution in [2.75, 3.05) is 24.7 Å². The van der Waals surface area contributed by atoms with Gasteiger partial charge in [0.25, 0.3) is 0 Å². The van der Waals surface area contributed by atoms with Crippen LogP contribution in [0.5, 0.6) is 0 Å². The van der Waals surface area contributed by atoms with Crippen molar-refractivity contribution in [3.05, 3.63) is 29.4 Å². The molecule has 0 amide bonds. The molecule has 3 rings (SSSR count). The van der Waals surface area contributed by atoms with Gasteiger partial charge in [-0.1, -0.05) is 5.16 Å². The van der Waals surface area contributed by atoms with Gasteiger partial charge in [-0.05, 0) is 26.3 Å². The van der Waals surface area contributed by atoms with Crippen molar-refractivity contribution in [2.24, 2.45) is 0 Å². The van der Waals surface area contributed by atoms with Crippen molar-refractivity contribution < 1.29 is 12.9 Å². The number of nitrogens with zero attached hydrogens (tertiary/aromatic N) is 3. The molecule has 2 aromatic rings. The number of aryl methyl sites for hydroxylation is 1. The number of anilines is 1. The average molecular weight is 351 g/mol. The summed E-state index contributed by atoms with van der Waals surface area (Å²) in [5, 5.41) is 10.3. The van der Waals surface area contributed by atoms with E-state index in [1.54, 1.807) is 0 Å². The lowest BCUT2D eigenvalue weighted by atomic mass is 9.96. The molecule has 1 aliphatic rings. The van der Waals surface area contributed by atoms with Crippen LogP contribution in [0, 0.1) is 6.92 Å². The lowest BCUT2D eigenvalue weighted by molar-refractivity contribution is 0.391. The second kappa shape index (κ2) is 6.86. The summed E-state index contributed by atoms with van der Waals surface area (Å²) in [7, 11) is -3.37. The smallest absolute Gasteiger partial charge is 0.223 e. The molecule has 1 fully saturated rings. The van der Waals surface area contributed by atoms with Gasteiger partial charge >= 0.3 is 0 Å². The van der Waals surface area contributed by atoms with Gasteiger partial charge in [0, 0.05) is 24.8 Å². The van der Waals surface area contributed by atoms with Crippen LogP contribution in [0.2, 0.25) is 0 Å². The van der Waals surface area contributed by atoms with E-state index in [-0.39, 0.29) is 10.8 Å². The molecule has 0 aliphatic carbocycles. The van der Waals surface area contributed by atoms with E-state index in [2.05, 4.69) is 25.8 Å². The van der Waals surface area contributed by atoms with Crippen LogP contribution in [-0.2, 0) is 16.4 Å². The molecule has 1 atom stereocenters. The highest BCUT2D eigenvalue weighted by atomic mass is 32.2. The Hall–Kier alpha value is -2.00. The molecule has 0 radical (unpaired) electrons. The van der Waals surface area contributed by atoms with E-state index in [1.807, 2.05) is 13.0 Å². The fourth-order valence-electron chi connectivity index (χ4n) is 2.80. The van der Waals surface area contributed by atoms with E-state index in [0.717, 1.165) is 37.4 Å². The van der Waals surface area contributed by atoms with Crippen LogP contribution < -0.4 is 10.6 Å². The van der Waals surface area contributed by atoms with Gasteiger partial charge in [-0.15, -0.1) is 0 Å². The Bertz CT molecular complexity index is 812. The predicted octanol–water partition coefficient (Wildman–Crippen LogP) is 1.26. The predicted molar refractivity (Wildman–Crippen MR) is 88.6 cm³/mol. The van der Waals surface area contributed by atoms with Crippen LogP contribution in [0.25, 0.3) is 0 Å². The van der Waals surface area contributed by atoms with Crippen LogP contribution >= 0.6 is 0 Å². The van der Waals surface area contributed by atoms with Crippen molar-refractivity contribution >= 4 is 15.8 Å². The Labute approximate surface area is 141 Å². The summed E-state index contributed by atoms with van der Waals surface area (Å²) in [6.07, 6.45) is 4.49. The summed E-state index contributed by atoms with van der Waals surface area (Å²) >= 11 is 0. The van der Waals surface area contributed by atoms with E-state index in [4.69, 9.17) is 4.52 Å². The van der Waals surface area contributed by atoms with Crippen molar-refractivity contribution in [3.8, 4) is 0 Å². The van der Waals surface area contributed by atoms with Gasteiger partial charge in [-0.25, -0.2) is 18.4 Å². The SMILES string of the molecule is Cc1cc(CNc2ncc(S(C)(=O)=O)c([C@H]3CCCNC3)n2)no1. The minimum absolute atomic E-state index is 0.0707. The van der Waals surface area contributed by atoms with Crippen molar-refractivity contribution in [2.45, 2.75) is 37.1 Å². The Morgan fingerprint density at radius 1 is 1.46 bits per heavy atom. The topological polar surface area (TPSA) is 110 Å². The number of hydrogen-bond donors (Lipinski definition) is 2.